The summed E-state index contributed by atoms with van der Waals surface area (Å²) in [5.41, 5.74) is 7.48. The number of piperazine rings is 1. The Balaban J connectivity index is 1.25. The highest BCUT2D eigenvalue weighted by molar-refractivity contribution is 5.97. The molecule has 4 aromatic rings. The number of hydrogen-bond acceptors (Lipinski definition) is 6. The van der Waals surface area contributed by atoms with Gasteiger partial charge in [-0.05, 0) is 61.9 Å². The monoisotopic (exact) mass is 492 g/mol. The van der Waals surface area contributed by atoms with E-state index in [9.17, 15) is 4.79 Å². The highest BCUT2D eigenvalue weighted by Crippen LogP contribution is 2.31. The van der Waals surface area contributed by atoms with Gasteiger partial charge in [0, 0.05) is 73.4 Å². The number of fused-ring (bicyclic) bond motifs is 1. The Kier molecular flexibility index (Phi) is 6.22. The maximum atomic E-state index is 12.1. The SMILES string of the molecule is Cc1cc(Nc2ncc3cccc(-c4ccc(N5CCCC5=O)cc4)c3n2)ccc1N1CCN(C)CC1. The summed E-state index contributed by atoms with van der Waals surface area (Å²) < 4.78 is 0. The van der Waals surface area contributed by atoms with Gasteiger partial charge in [-0.2, -0.15) is 0 Å². The van der Waals surface area contributed by atoms with Gasteiger partial charge in [0.2, 0.25) is 11.9 Å². The van der Waals surface area contributed by atoms with Crippen molar-refractivity contribution in [3.05, 3.63) is 72.4 Å². The van der Waals surface area contributed by atoms with E-state index in [0.29, 0.717) is 12.4 Å². The van der Waals surface area contributed by atoms with E-state index in [0.717, 1.165) is 72.5 Å². The van der Waals surface area contributed by atoms with Gasteiger partial charge >= 0.3 is 0 Å². The highest BCUT2D eigenvalue weighted by atomic mass is 16.2. The van der Waals surface area contributed by atoms with Gasteiger partial charge in [0.05, 0.1) is 5.52 Å². The summed E-state index contributed by atoms with van der Waals surface area (Å²) in [5, 5.41) is 4.40. The highest BCUT2D eigenvalue weighted by Gasteiger charge is 2.21. The quantitative estimate of drug-likeness (QED) is 0.412. The lowest BCUT2D eigenvalue weighted by Crippen LogP contribution is -2.44. The Bertz CT molecular complexity index is 1440. The minimum absolute atomic E-state index is 0.202. The number of carbonyl (C=O) groups excluding carboxylic acids is 1. The van der Waals surface area contributed by atoms with Gasteiger partial charge in [-0.25, -0.2) is 9.97 Å². The zero-order valence-corrected chi connectivity index (χ0v) is 21.4. The van der Waals surface area contributed by atoms with Crippen LogP contribution in [0.4, 0.5) is 23.0 Å². The van der Waals surface area contributed by atoms with Crippen LogP contribution in [-0.2, 0) is 4.79 Å². The molecule has 7 nitrogen and oxygen atoms in total. The fourth-order valence-corrected chi connectivity index (χ4v) is 5.36. The molecule has 0 bridgehead atoms. The van der Waals surface area contributed by atoms with Crippen LogP contribution in [0.25, 0.3) is 22.0 Å². The van der Waals surface area contributed by atoms with Crippen LogP contribution >= 0.6 is 0 Å². The molecule has 3 heterocycles. The molecule has 0 saturated carbocycles. The number of para-hydroxylation sites is 1. The van der Waals surface area contributed by atoms with Crippen molar-refractivity contribution < 1.29 is 4.79 Å². The van der Waals surface area contributed by atoms with Crippen LogP contribution in [0.15, 0.2) is 66.9 Å². The first-order valence-corrected chi connectivity index (χ1v) is 13.0. The molecule has 0 atom stereocenters. The molecule has 0 radical (unpaired) electrons. The zero-order valence-electron chi connectivity index (χ0n) is 21.4. The van der Waals surface area contributed by atoms with Crippen molar-refractivity contribution in [2.24, 2.45) is 0 Å². The number of nitrogens with one attached hydrogen (secondary N) is 1. The van der Waals surface area contributed by atoms with Gasteiger partial charge in [-0.3, -0.25) is 4.79 Å². The first-order chi connectivity index (χ1) is 18.0. The van der Waals surface area contributed by atoms with E-state index < -0.39 is 0 Å². The van der Waals surface area contributed by atoms with Gasteiger partial charge in [0.15, 0.2) is 0 Å². The Labute approximate surface area is 217 Å². The molecule has 2 saturated heterocycles. The van der Waals surface area contributed by atoms with Gasteiger partial charge in [-0.1, -0.05) is 30.3 Å². The van der Waals surface area contributed by atoms with Crippen molar-refractivity contribution in [1.82, 2.24) is 14.9 Å². The molecule has 0 aliphatic carbocycles. The van der Waals surface area contributed by atoms with E-state index in [1.165, 1.54) is 11.3 Å². The van der Waals surface area contributed by atoms with Crippen LogP contribution in [0.3, 0.4) is 0 Å². The molecule has 0 unspecified atom stereocenters. The number of aryl methyl sites for hydroxylation is 1. The van der Waals surface area contributed by atoms with Crippen LogP contribution in [0.1, 0.15) is 18.4 Å². The predicted molar refractivity (Wildman–Crippen MR) is 151 cm³/mol. The maximum absolute atomic E-state index is 12.1. The number of rotatable bonds is 5. The first kappa shape index (κ1) is 23.4. The molecule has 2 aliphatic rings. The third kappa shape index (κ3) is 4.74. The number of carbonyl (C=O) groups is 1. The summed E-state index contributed by atoms with van der Waals surface area (Å²) in [6.45, 7) is 7.24. The lowest BCUT2D eigenvalue weighted by molar-refractivity contribution is -0.117. The van der Waals surface area contributed by atoms with Crippen molar-refractivity contribution in [1.29, 1.82) is 0 Å². The number of likely N-dealkylation sites (N-methyl/N-ethyl adjacent to an activating group) is 1. The summed E-state index contributed by atoms with van der Waals surface area (Å²) in [4.78, 5) is 28.3. The van der Waals surface area contributed by atoms with Crippen molar-refractivity contribution in [3.63, 3.8) is 0 Å². The number of anilines is 4. The van der Waals surface area contributed by atoms with Gasteiger partial charge in [0.1, 0.15) is 0 Å². The second-order valence-corrected chi connectivity index (χ2v) is 10.0. The van der Waals surface area contributed by atoms with E-state index in [2.05, 4.69) is 70.5 Å². The Morgan fingerprint density at radius 2 is 1.73 bits per heavy atom. The molecule has 1 N–H and O–H groups in total. The Morgan fingerprint density at radius 1 is 0.919 bits per heavy atom. The number of nitrogens with zero attached hydrogens (tertiary/aromatic N) is 5. The molecule has 7 heteroatoms. The van der Waals surface area contributed by atoms with Crippen molar-refractivity contribution in [2.75, 3.05) is 54.9 Å². The second kappa shape index (κ2) is 9.82. The van der Waals surface area contributed by atoms with E-state index >= 15 is 0 Å². The molecular formula is C30H32N6O. The molecule has 188 valence electrons. The molecule has 37 heavy (non-hydrogen) atoms. The van der Waals surface area contributed by atoms with Crippen LogP contribution < -0.4 is 15.1 Å². The molecule has 6 rings (SSSR count). The van der Waals surface area contributed by atoms with Crippen LogP contribution in [0.2, 0.25) is 0 Å². The van der Waals surface area contributed by atoms with Gasteiger partial charge in [-0.15, -0.1) is 0 Å². The average molecular weight is 493 g/mol. The summed E-state index contributed by atoms with van der Waals surface area (Å²) in [6.07, 6.45) is 3.43. The maximum Gasteiger partial charge on any atom is 0.227 e. The Morgan fingerprint density at radius 3 is 2.46 bits per heavy atom. The van der Waals surface area contributed by atoms with E-state index in [1.807, 2.05) is 35.4 Å². The molecule has 1 amide bonds. The molecular weight excluding hydrogens is 460 g/mol. The number of amides is 1. The number of aromatic nitrogens is 2. The summed E-state index contributed by atoms with van der Waals surface area (Å²) in [7, 11) is 2.18. The van der Waals surface area contributed by atoms with E-state index in [1.54, 1.807) is 0 Å². The third-order valence-electron chi connectivity index (χ3n) is 7.47. The van der Waals surface area contributed by atoms with E-state index in [4.69, 9.17) is 4.98 Å². The van der Waals surface area contributed by atoms with Crippen molar-refractivity contribution >= 4 is 39.8 Å². The summed E-state index contributed by atoms with van der Waals surface area (Å²) in [5.74, 6) is 0.777. The van der Waals surface area contributed by atoms with E-state index in [-0.39, 0.29) is 5.91 Å². The van der Waals surface area contributed by atoms with Crippen molar-refractivity contribution in [3.8, 4) is 11.1 Å². The zero-order chi connectivity index (χ0) is 25.4. The van der Waals surface area contributed by atoms with Crippen LogP contribution in [-0.4, -0.2) is 60.5 Å². The average Bonchev–Trinajstić information content (AvgIpc) is 3.35. The lowest BCUT2D eigenvalue weighted by atomic mass is 10.0. The molecule has 2 aliphatic heterocycles. The van der Waals surface area contributed by atoms with Crippen LogP contribution in [0, 0.1) is 6.92 Å². The fourth-order valence-electron chi connectivity index (χ4n) is 5.36. The predicted octanol–water partition coefficient (Wildman–Crippen LogP) is 5.23. The topological polar surface area (TPSA) is 64.6 Å². The normalized spacial score (nSPS) is 16.5. The number of benzene rings is 3. The smallest absolute Gasteiger partial charge is 0.227 e. The third-order valence-corrected chi connectivity index (χ3v) is 7.47. The molecule has 3 aromatic carbocycles. The largest absolute Gasteiger partial charge is 0.369 e. The summed E-state index contributed by atoms with van der Waals surface area (Å²) >= 11 is 0. The first-order valence-electron chi connectivity index (χ1n) is 13.0. The molecule has 1 aromatic heterocycles. The van der Waals surface area contributed by atoms with Gasteiger partial charge in [0.25, 0.3) is 0 Å². The lowest BCUT2D eigenvalue weighted by Gasteiger charge is -2.35. The second-order valence-electron chi connectivity index (χ2n) is 10.0. The van der Waals surface area contributed by atoms with Gasteiger partial charge < -0.3 is 20.0 Å². The number of hydrogen-bond donors (Lipinski definition) is 1. The minimum Gasteiger partial charge on any atom is -0.369 e. The Hall–Kier alpha value is -3.97. The minimum atomic E-state index is 0.202. The molecule has 2 fully saturated rings. The molecule has 0 spiro atoms. The standard InChI is InChI=1S/C30H32N6O/c1-21-19-24(10-13-27(21)35-17-15-34(2)16-18-35)32-30-31-20-23-5-3-6-26(29(23)33-30)22-8-11-25(12-9-22)36-14-4-7-28(36)37/h3,5-6,8-13,19-20H,4,7,14-18H2,1-2H3,(H,31,32,33). The fraction of sp³-hybridized carbons (Fsp3) is 0.300. The summed E-state index contributed by atoms with van der Waals surface area (Å²) in [6, 6.07) is 20.8. The van der Waals surface area contributed by atoms with Crippen LogP contribution in [0.5, 0.6) is 0 Å². The van der Waals surface area contributed by atoms with Crippen molar-refractivity contribution in [2.45, 2.75) is 19.8 Å².